The van der Waals surface area contributed by atoms with E-state index >= 15 is 0 Å². The van der Waals surface area contributed by atoms with Gasteiger partial charge < -0.3 is 15.7 Å². The van der Waals surface area contributed by atoms with E-state index in [-0.39, 0.29) is 24.0 Å². The fourth-order valence-corrected chi connectivity index (χ4v) is 2.68. The minimum Gasteiger partial charge on any atom is -0.480 e. The Kier molecular flexibility index (Phi) is 7.43. The van der Waals surface area contributed by atoms with Crippen LogP contribution in [0.3, 0.4) is 0 Å². The SMILES string of the molecule is CCCS(=O)(=O)CCNC(=O)NC(C(=O)O)C(C)C. The highest BCUT2D eigenvalue weighted by Gasteiger charge is 2.23. The fraction of sp³-hybridized carbons (Fsp3) is 0.818. The summed E-state index contributed by atoms with van der Waals surface area (Å²) in [4.78, 5) is 22.3. The van der Waals surface area contributed by atoms with Crippen molar-refractivity contribution in [1.82, 2.24) is 10.6 Å². The lowest BCUT2D eigenvalue weighted by molar-refractivity contribution is -0.140. The standard InChI is InChI=1S/C11H22N2O5S/c1-4-6-19(17,18)7-5-12-11(16)13-9(8(2)3)10(14)15/h8-9H,4-7H2,1-3H3,(H,14,15)(H2,12,13,16). The molecule has 19 heavy (non-hydrogen) atoms. The number of carboxylic acids is 1. The van der Waals surface area contributed by atoms with Gasteiger partial charge in [0.25, 0.3) is 0 Å². The van der Waals surface area contributed by atoms with E-state index in [9.17, 15) is 18.0 Å². The van der Waals surface area contributed by atoms with Gasteiger partial charge in [-0.25, -0.2) is 18.0 Å². The number of nitrogens with one attached hydrogen (secondary N) is 2. The minimum atomic E-state index is -3.15. The molecule has 0 fully saturated rings. The van der Waals surface area contributed by atoms with Crippen LogP contribution in [0.4, 0.5) is 4.79 Å². The van der Waals surface area contributed by atoms with Crippen LogP contribution in [0.1, 0.15) is 27.2 Å². The van der Waals surface area contributed by atoms with E-state index in [4.69, 9.17) is 5.11 Å². The van der Waals surface area contributed by atoms with Gasteiger partial charge in [-0.1, -0.05) is 20.8 Å². The first-order chi connectivity index (χ1) is 8.69. The smallest absolute Gasteiger partial charge is 0.326 e. The van der Waals surface area contributed by atoms with Gasteiger partial charge in [-0.3, -0.25) is 0 Å². The van der Waals surface area contributed by atoms with Crippen molar-refractivity contribution in [2.45, 2.75) is 33.2 Å². The second kappa shape index (κ2) is 7.98. The van der Waals surface area contributed by atoms with E-state index in [2.05, 4.69) is 10.6 Å². The minimum absolute atomic E-state index is 0.0292. The van der Waals surface area contributed by atoms with Crippen LogP contribution >= 0.6 is 0 Å². The Bertz CT molecular complexity index is 405. The normalized spacial score (nSPS) is 13.1. The van der Waals surface area contributed by atoms with E-state index in [0.717, 1.165) is 0 Å². The van der Waals surface area contributed by atoms with Gasteiger partial charge in [0.15, 0.2) is 9.84 Å². The largest absolute Gasteiger partial charge is 0.480 e. The predicted octanol–water partition coefficient (Wildman–Crippen LogP) is 0.220. The zero-order chi connectivity index (χ0) is 15.1. The molecule has 0 bridgehead atoms. The maximum Gasteiger partial charge on any atom is 0.326 e. The van der Waals surface area contributed by atoms with Crippen LogP contribution in [-0.2, 0) is 14.6 Å². The van der Waals surface area contributed by atoms with Gasteiger partial charge in [0.2, 0.25) is 0 Å². The summed E-state index contributed by atoms with van der Waals surface area (Å²) in [6, 6.07) is -1.67. The topological polar surface area (TPSA) is 113 Å². The van der Waals surface area contributed by atoms with Crippen LogP contribution in [0.15, 0.2) is 0 Å². The second-order valence-corrected chi connectivity index (χ2v) is 6.92. The molecule has 1 atom stereocenters. The highest BCUT2D eigenvalue weighted by Crippen LogP contribution is 2.01. The second-order valence-electron chi connectivity index (χ2n) is 4.61. The number of aliphatic carboxylic acids is 1. The first-order valence-electron chi connectivity index (χ1n) is 6.17. The maximum absolute atomic E-state index is 11.4. The highest BCUT2D eigenvalue weighted by molar-refractivity contribution is 7.91. The summed E-state index contributed by atoms with van der Waals surface area (Å²) in [5.41, 5.74) is 0. The molecule has 0 rings (SSSR count). The summed E-state index contributed by atoms with van der Waals surface area (Å²) in [5.74, 6) is -1.44. The first kappa shape index (κ1) is 17.7. The molecule has 0 radical (unpaired) electrons. The third-order valence-corrected chi connectivity index (χ3v) is 4.29. The third-order valence-electron chi connectivity index (χ3n) is 2.43. The Morgan fingerprint density at radius 2 is 1.79 bits per heavy atom. The van der Waals surface area contributed by atoms with Crippen LogP contribution in [0, 0.1) is 5.92 Å². The van der Waals surface area contributed by atoms with Crippen molar-refractivity contribution in [3.63, 3.8) is 0 Å². The number of carbonyl (C=O) groups excluding carboxylic acids is 1. The van der Waals surface area contributed by atoms with E-state index < -0.39 is 27.9 Å². The van der Waals surface area contributed by atoms with Crippen molar-refractivity contribution in [3.8, 4) is 0 Å². The van der Waals surface area contributed by atoms with E-state index in [1.54, 1.807) is 20.8 Å². The van der Waals surface area contributed by atoms with Gasteiger partial charge in [0.1, 0.15) is 6.04 Å². The molecule has 0 aliphatic heterocycles. The number of urea groups is 1. The van der Waals surface area contributed by atoms with E-state index in [1.165, 1.54) is 0 Å². The summed E-state index contributed by atoms with van der Waals surface area (Å²) in [6.45, 7) is 5.08. The molecule has 0 aromatic rings. The van der Waals surface area contributed by atoms with E-state index in [0.29, 0.717) is 6.42 Å². The van der Waals surface area contributed by atoms with Crippen molar-refractivity contribution >= 4 is 21.8 Å². The molecule has 0 heterocycles. The van der Waals surface area contributed by atoms with Gasteiger partial charge in [-0.05, 0) is 12.3 Å². The van der Waals surface area contributed by atoms with Crippen LogP contribution < -0.4 is 10.6 Å². The first-order valence-corrected chi connectivity index (χ1v) is 7.99. The monoisotopic (exact) mass is 294 g/mol. The van der Waals surface area contributed by atoms with Crippen LogP contribution in [0.25, 0.3) is 0 Å². The van der Waals surface area contributed by atoms with Gasteiger partial charge in [0.05, 0.1) is 5.75 Å². The summed E-state index contributed by atoms with van der Waals surface area (Å²) >= 11 is 0. The van der Waals surface area contributed by atoms with Gasteiger partial charge >= 0.3 is 12.0 Å². The number of amides is 2. The third kappa shape index (κ3) is 7.66. The molecule has 112 valence electrons. The molecular formula is C11H22N2O5S. The molecule has 8 heteroatoms. The number of carboxylic acid groups (broad SMARTS) is 1. The highest BCUT2D eigenvalue weighted by atomic mass is 32.2. The Balaban J connectivity index is 4.16. The summed E-state index contributed by atoms with van der Waals surface area (Å²) in [7, 11) is -3.15. The Hall–Kier alpha value is -1.31. The quantitative estimate of drug-likeness (QED) is 0.593. The maximum atomic E-state index is 11.4. The molecule has 0 saturated carbocycles. The van der Waals surface area contributed by atoms with Gasteiger partial charge in [0, 0.05) is 12.3 Å². The van der Waals surface area contributed by atoms with E-state index in [1.807, 2.05) is 0 Å². The summed E-state index contributed by atoms with van der Waals surface area (Å²) in [6.07, 6.45) is 0.531. The van der Waals surface area contributed by atoms with Crippen molar-refractivity contribution in [1.29, 1.82) is 0 Å². The Labute approximate surface area is 113 Å². The predicted molar refractivity (Wildman–Crippen MR) is 71.7 cm³/mol. The number of hydrogen-bond donors (Lipinski definition) is 3. The van der Waals surface area contributed by atoms with Crippen molar-refractivity contribution in [3.05, 3.63) is 0 Å². The van der Waals surface area contributed by atoms with Gasteiger partial charge in [-0.15, -0.1) is 0 Å². The summed E-state index contributed by atoms with van der Waals surface area (Å²) in [5, 5.41) is 13.5. The molecule has 7 nitrogen and oxygen atoms in total. The van der Waals surface area contributed by atoms with Crippen LogP contribution in [0.5, 0.6) is 0 Å². The molecule has 0 aromatic carbocycles. The Morgan fingerprint density at radius 3 is 2.21 bits per heavy atom. The fourth-order valence-electron chi connectivity index (χ4n) is 1.44. The molecular weight excluding hydrogens is 272 g/mol. The average Bonchev–Trinajstić information content (AvgIpc) is 2.24. The Morgan fingerprint density at radius 1 is 1.21 bits per heavy atom. The molecule has 3 N–H and O–H groups in total. The molecule has 0 aliphatic rings. The zero-order valence-corrected chi connectivity index (χ0v) is 12.3. The molecule has 0 aromatic heterocycles. The van der Waals surface area contributed by atoms with Crippen molar-refractivity contribution in [2.24, 2.45) is 5.92 Å². The van der Waals surface area contributed by atoms with Crippen LogP contribution in [-0.4, -0.2) is 49.6 Å². The molecule has 2 amide bonds. The lowest BCUT2D eigenvalue weighted by Gasteiger charge is -2.18. The number of carbonyl (C=O) groups is 2. The molecule has 0 saturated heterocycles. The summed E-state index contributed by atoms with van der Waals surface area (Å²) < 4.78 is 22.8. The average molecular weight is 294 g/mol. The lowest BCUT2D eigenvalue weighted by atomic mass is 10.1. The molecule has 1 unspecified atom stereocenters. The molecule has 0 spiro atoms. The number of hydrogen-bond acceptors (Lipinski definition) is 4. The van der Waals surface area contributed by atoms with Crippen LogP contribution in [0.2, 0.25) is 0 Å². The van der Waals surface area contributed by atoms with Crippen molar-refractivity contribution < 1.29 is 23.1 Å². The lowest BCUT2D eigenvalue weighted by Crippen LogP contribution is -2.49. The number of sulfone groups is 1. The zero-order valence-electron chi connectivity index (χ0n) is 11.5. The molecule has 0 aliphatic carbocycles. The van der Waals surface area contributed by atoms with Crippen molar-refractivity contribution in [2.75, 3.05) is 18.1 Å². The van der Waals surface area contributed by atoms with Gasteiger partial charge in [-0.2, -0.15) is 0 Å². The number of rotatable bonds is 8.